The van der Waals surface area contributed by atoms with E-state index in [1.165, 1.54) is 36.2 Å². The number of carboxylic acid groups (broad SMARTS) is 1. The maximum atomic E-state index is 12.9. The third-order valence-electron chi connectivity index (χ3n) is 12.8. The molecule has 4 aromatic carbocycles. The Labute approximate surface area is 402 Å². The van der Waals surface area contributed by atoms with Gasteiger partial charge in [-0.2, -0.15) is 0 Å². The molecule has 14 nitrogen and oxygen atoms in total. The first-order valence-corrected chi connectivity index (χ1v) is 23.0. The van der Waals surface area contributed by atoms with Crippen molar-refractivity contribution < 1.29 is 38.7 Å². The number of nitrogens with one attached hydrogen (secondary N) is 2. The van der Waals surface area contributed by atoms with Gasteiger partial charge in [0, 0.05) is 67.7 Å². The maximum Gasteiger partial charge on any atom is 0.290 e. The second-order valence-corrected chi connectivity index (χ2v) is 18.4. The molecule has 6 aliphatic rings. The van der Waals surface area contributed by atoms with Crippen molar-refractivity contribution in [1.29, 1.82) is 0 Å². The first kappa shape index (κ1) is 51.9. The summed E-state index contributed by atoms with van der Waals surface area (Å²) in [5.74, 6) is -0.170. The van der Waals surface area contributed by atoms with Crippen LogP contribution >= 0.6 is 15.9 Å². The van der Waals surface area contributed by atoms with E-state index in [-0.39, 0.29) is 69.6 Å². The molecule has 0 bridgehead atoms. The van der Waals surface area contributed by atoms with E-state index >= 15 is 0 Å². The summed E-state index contributed by atoms with van der Waals surface area (Å²) in [4.78, 5) is 88.3. The van der Waals surface area contributed by atoms with Gasteiger partial charge in [0.15, 0.2) is 0 Å². The van der Waals surface area contributed by atoms with Crippen molar-refractivity contribution in [3.8, 4) is 0 Å². The van der Waals surface area contributed by atoms with Crippen molar-refractivity contribution in [2.45, 2.75) is 104 Å². The Morgan fingerprint density at radius 2 is 1.09 bits per heavy atom. The van der Waals surface area contributed by atoms with Crippen LogP contribution in [0.1, 0.15) is 115 Å². The molecule has 0 aromatic heterocycles. The molecule has 4 unspecified atom stereocenters. The third kappa shape index (κ3) is 13.1. The number of carbonyl (C=O) groups is 7. The molecule has 6 heterocycles. The van der Waals surface area contributed by atoms with Gasteiger partial charge in [-0.3, -0.25) is 54.0 Å². The highest BCUT2D eigenvalue weighted by atomic mass is 79.9. The number of carbonyl (C=O) groups excluding carboxylic acids is 6. The summed E-state index contributed by atoms with van der Waals surface area (Å²) in [6, 6.07) is 31.8. The third-order valence-corrected chi connectivity index (χ3v) is 13.3. The SMILES string of the molecule is C.C.CC1CCN(Cc2ccccc2)C1.O=C1CCC(N2Cc3cc(Br)ccc3C2=O)C(=O)N1.O=C1CCC(N2Cc3cc(C4CCN(Cc5ccccc5)C4)ccc3C2=O)C(=O)N1.O=CO. The lowest BCUT2D eigenvalue weighted by atomic mass is 9.95. The van der Waals surface area contributed by atoms with Gasteiger partial charge < -0.3 is 14.9 Å². The smallest absolute Gasteiger partial charge is 0.290 e. The average Bonchev–Trinajstić information content (AvgIpc) is 4.08. The lowest BCUT2D eigenvalue weighted by Gasteiger charge is -2.29. The zero-order valence-electron chi connectivity index (χ0n) is 36.5. The number of hydrogen-bond donors (Lipinski definition) is 3. The average molecular weight is 980 g/mol. The van der Waals surface area contributed by atoms with Crippen molar-refractivity contribution in [2.75, 3.05) is 26.2 Å². The molecule has 6 aliphatic heterocycles. The minimum Gasteiger partial charge on any atom is -0.483 e. The van der Waals surface area contributed by atoms with E-state index in [1.807, 2.05) is 24.3 Å². The van der Waals surface area contributed by atoms with E-state index in [1.54, 1.807) is 15.9 Å². The predicted octanol–water partition coefficient (Wildman–Crippen LogP) is 7.15. The van der Waals surface area contributed by atoms with Crippen molar-refractivity contribution in [3.63, 3.8) is 0 Å². The second kappa shape index (κ2) is 24.1. The molecule has 15 heteroatoms. The second-order valence-electron chi connectivity index (χ2n) is 17.4. The molecule has 4 fully saturated rings. The first-order chi connectivity index (χ1) is 31.4. The fourth-order valence-electron chi connectivity index (χ4n) is 9.49. The Hall–Kier alpha value is -6.03. The first-order valence-electron chi connectivity index (χ1n) is 22.2. The molecule has 67 heavy (non-hydrogen) atoms. The molecule has 356 valence electrons. The van der Waals surface area contributed by atoms with Crippen LogP contribution in [0.5, 0.6) is 0 Å². The topological polar surface area (TPSA) is 177 Å². The lowest BCUT2D eigenvalue weighted by Crippen LogP contribution is -2.52. The van der Waals surface area contributed by atoms with Gasteiger partial charge >= 0.3 is 0 Å². The lowest BCUT2D eigenvalue weighted by molar-refractivity contribution is -0.138. The van der Waals surface area contributed by atoms with Gasteiger partial charge in [0.25, 0.3) is 18.3 Å². The Bertz CT molecular complexity index is 2400. The molecule has 4 saturated heterocycles. The van der Waals surface area contributed by atoms with Gasteiger partial charge in [0.05, 0.1) is 0 Å². The standard InChI is InChI=1S/C24H25N3O3.C13H11BrN2O3.C12H17N.CH2O2.2CH4/c28-22-9-8-21(23(29)25-22)27-15-19-12-17(6-7-20(19)24(27)30)18-10-11-26(14-18)13-16-4-2-1-3-5-16;14-8-1-2-9-7(5-8)6-16(13(9)19)10-3-4-11(17)15-12(10)18;1-11-7-8-13(9-11)10-12-5-3-2-4-6-12;2-1-3;;/h1-7,12,18,21H,8-11,13-15H2,(H,25,28,29);1-2,5,10H,3-4,6H2,(H,15,17,18);2-6,11H,7-10H2,1H3;1H,(H,2,3);2*1H4. The summed E-state index contributed by atoms with van der Waals surface area (Å²) in [5.41, 5.74) is 7.25. The van der Waals surface area contributed by atoms with Crippen molar-refractivity contribution in [1.82, 2.24) is 30.2 Å². The van der Waals surface area contributed by atoms with Gasteiger partial charge in [-0.05, 0) is 103 Å². The molecule has 0 saturated carbocycles. The van der Waals surface area contributed by atoms with Crippen molar-refractivity contribution in [3.05, 3.63) is 140 Å². The van der Waals surface area contributed by atoms with Gasteiger partial charge in [-0.15, -0.1) is 0 Å². The van der Waals surface area contributed by atoms with Crippen LogP contribution in [-0.2, 0) is 50.2 Å². The van der Waals surface area contributed by atoms with Crippen LogP contribution in [0.15, 0.2) is 102 Å². The summed E-state index contributed by atoms with van der Waals surface area (Å²) in [5, 5.41) is 11.5. The summed E-state index contributed by atoms with van der Waals surface area (Å²) in [6.45, 7) is 9.66. The van der Waals surface area contributed by atoms with Gasteiger partial charge in [0.2, 0.25) is 23.6 Å². The Kier molecular flexibility index (Phi) is 18.7. The molecule has 0 radical (unpaired) electrons. The van der Waals surface area contributed by atoms with E-state index in [0.29, 0.717) is 43.0 Å². The fraction of sp³-hybridized carbons (Fsp3) is 0.404. The van der Waals surface area contributed by atoms with E-state index in [2.05, 4.69) is 110 Å². The number of amides is 6. The minimum atomic E-state index is -0.557. The number of nitrogens with zero attached hydrogens (tertiary/aromatic N) is 4. The van der Waals surface area contributed by atoms with E-state index < -0.39 is 12.1 Å². The quantitative estimate of drug-likeness (QED) is 0.127. The number of piperidine rings is 2. The monoisotopic (exact) mass is 978 g/mol. The molecule has 3 N–H and O–H groups in total. The van der Waals surface area contributed by atoms with Crippen LogP contribution in [0, 0.1) is 5.92 Å². The summed E-state index contributed by atoms with van der Waals surface area (Å²) >= 11 is 3.37. The number of imide groups is 2. The predicted molar refractivity (Wildman–Crippen MR) is 259 cm³/mol. The van der Waals surface area contributed by atoms with Crippen LogP contribution in [0.2, 0.25) is 0 Å². The normalized spacial score (nSPS) is 22.0. The fourth-order valence-corrected chi connectivity index (χ4v) is 9.90. The van der Waals surface area contributed by atoms with E-state index in [9.17, 15) is 28.8 Å². The molecule has 0 spiro atoms. The summed E-state index contributed by atoms with van der Waals surface area (Å²) < 4.78 is 0.907. The highest BCUT2D eigenvalue weighted by Gasteiger charge is 2.40. The Morgan fingerprint density at radius 1 is 0.627 bits per heavy atom. The van der Waals surface area contributed by atoms with Gasteiger partial charge in [-0.1, -0.05) is 111 Å². The van der Waals surface area contributed by atoms with Crippen LogP contribution in [0.25, 0.3) is 0 Å². The minimum absolute atomic E-state index is 0. The zero-order chi connectivity index (χ0) is 46.0. The highest BCUT2D eigenvalue weighted by Crippen LogP contribution is 2.34. The van der Waals surface area contributed by atoms with Crippen LogP contribution < -0.4 is 10.6 Å². The molecule has 4 aromatic rings. The van der Waals surface area contributed by atoms with Crippen LogP contribution in [0.4, 0.5) is 0 Å². The molecule has 0 aliphatic carbocycles. The van der Waals surface area contributed by atoms with Crippen molar-refractivity contribution in [2.24, 2.45) is 5.92 Å². The van der Waals surface area contributed by atoms with Crippen LogP contribution in [-0.4, -0.2) is 105 Å². The zero-order valence-corrected chi connectivity index (χ0v) is 38.1. The van der Waals surface area contributed by atoms with E-state index in [4.69, 9.17) is 9.90 Å². The Morgan fingerprint density at radius 3 is 1.57 bits per heavy atom. The number of halogens is 1. The number of rotatable bonds is 7. The van der Waals surface area contributed by atoms with Gasteiger partial charge in [-0.25, -0.2) is 0 Å². The number of benzene rings is 4. The Balaban J connectivity index is 0.000000195. The largest absolute Gasteiger partial charge is 0.483 e. The number of fused-ring (bicyclic) bond motifs is 2. The van der Waals surface area contributed by atoms with Gasteiger partial charge in [0.1, 0.15) is 12.1 Å². The molecule has 4 atom stereocenters. The van der Waals surface area contributed by atoms with Crippen molar-refractivity contribution >= 4 is 57.8 Å². The highest BCUT2D eigenvalue weighted by molar-refractivity contribution is 9.10. The number of likely N-dealkylation sites (tertiary alicyclic amines) is 2. The van der Waals surface area contributed by atoms with E-state index in [0.717, 1.165) is 54.1 Å². The molecule has 6 amide bonds. The maximum absolute atomic E-state index is 12.9. The summed E-state index contributed by atoms with van der Waals surface area (Å²) in [6.07, 6.45) is 3.82. The molecular formula is C52H63BrN6O8. The molecule has 10 rings (SSSR count). The molecular weight excluding hydrogens is 917 g/mol. The number of hydrogen-bond acceptors (Lipinski definition) is 9. The van der Waals surface area contributed by atoms with Crippen LogP contribution in [0.3, 0.4) is 0 Å². The summed E-state index contributed by atoms with van der Waals surface area (Å²) in [7, 11) is 0.